The minimum atomic E-state index is -0.253. The molecule has 1 amide bonds. The van der Waals surface area contributed by atoms with Gasteiger partial charge in [-0.15, -0.1) is 0 Å². The molecule has 27 heavy (non-hydrogen) atoms. The molecular formula is C20H21N3O4. The van der Waals surface area contributed by atoms with Crippen molar-refractivity contribution in [2.24, 2.45) is 0 Å². The molecule has 0 unspecified atom stereocenters. The van der Waals surface area contributed by atoms with Gasteiger partial charge in [0.05, 0.1) is 39.8 Å². The Bertz CT molecular complexity index is 936. The van der Waals surface area contributed by atoms with Crippen molar-refractivity contribution < 1.29 is 19.0 Å². The lowest BCUT2D eigenvalue weighted by Gasteiger charge is -2.09. The molecule has 7 nitrogen and oxygen atoms in total. The highest BCUT2D eigenvalue weighted by molar-refractivity contribution is 6.04. The standard InChI is InChI=1S/C20H21N3O4/c1-25-17-6-4-5-14(9-17)12-23-13-16(11-21-23)22-20(24)15-7-8-18(26-2)19(10-15)27-3/h4-11,13H,12H2,1-3H3,(H,22,24). The van der Waals surface area contributed by atoms with Crippen LogP contribution < -0.4 is 19.5 Å². The highest BCUT2D eigenvalue weighted by Gasteiger charge is 2.12. The molecule has 0 aliphatic heterocycles. The van der Waals surface area contributed by atoms with Gasteiger partial charge in [0.25, 0.3) is 5.91 Å². The van der Waals surface area contributed by atoms with Gasteiger partial charge in [-0.1, -0.05) is 12.1 Å². The van der Waals surface area contributed by atoms with Gasteiger partial charge < -0.3 is 19.5 Å². The third-order valence-corrected chi connectivity index (χ3v) is 4.02. The molecule has 3 rings (SSSR count). The molecule has 1 aromatic heterocycles. The van der Waals surface area contributed by atoms with Crippen molar-refractivity contribution in [1.29, 1.82) is 0 Å². The summed E-state index contributed by atoms with van der Waals surface area (Å²) < 4.78 is 17.4. The van der Waals surface area contributed by atoms with Crippen molar-refractivity contribution in [2.75, 3.05) is 26.6 Å². The lowest BCUT2D eigenvalue weighted by atomic mass is 10.2. The van der Waals surface area contributed by atoms with E-state index in [1.165, 1.54) is 7.11 Å². The zero-order valence-electron chi connectivity index (χ0n) is 15.4. The van der Waals surface area contributed by atoms with Crippen LogP contribution in [0.5, 0.6) is 17.2 Å². The molecule has 1 heterocycles. The molecule has 0 aliphatic carbocycles. The van der Waals surface area contributed by atoms with Crippen LogP contribution in [-0.4, -0.2) is 37.0 Å². The van der Waals surface area contributed by atoms with Gasteiger partial charge in [0.15, 0.2) is 11.5 Å². The van der Waals surface area contributed by atoms with Crippen LogP contribution in [0, 0.1) is 0 Å². The average Bonchev–Trinajstić information content (AvgIpc) is 3.14. The monoisotopic (exact) mass is 367 g/mol. The van der Waals surface area contributed by atoms with Gasteiger partial charge in [-0.2, -0.15) is 5.10 Å². The van der Waals surface area contributed by atoms with Gasteiger partial charge in [0.1, 0.15) is 5.75 Å². The van der Waals surface area contributed by atoms with Gasteiger partial charge >= 0.3 is 0 Å². The van der Waals surface area contributed by atoms with Crippen molar-refractivity contribution in [1.82, 2.24) is 9.78 Å². The molecule has 0 spiro atoms. The SMILES string of the molecule is COc1cccc(Cn2cc(NC(=O)c3ccc(OC)c(OC)c3)cn2)c1. The van der Waals surface area contributed by atoms with E-state index in [9.17, 15) is 4.79 Å². The predicted molar refractivity (Wildman–Crippen MR) is 102 cm³/mol. The summed E-state index contributed by atoms with van der Waals surface area (Å²) in [6, 6.07) is 12.8. The number of carbonyl (C=O) groups excluding carboxylic acids is 1. The number of anilines is 1. The van der Waals surface area contributed by atoms with Crippen LogP contribution in [0.4, 0.5) is 5.69 Å². The molecule has 7 heteroatoms. The molecule has 0 aliphatic rings. The topological polar surface area (TPSA) is 74.6 Å². The molecule has 0 fully saturated rings. The summed E-state index contributed by atoms with van der Waals surface area (Å²) in [4.78, 5) is 12.5. The number of hydrogen-bond donors (Lipinski definition) is 1. The largest absolute Gasteiger partial charge is 0.497 e. The minimum Gasteiger partial charge on any atom is -0.497 e. The van der Waals surface area contributed by atoms with Crippen LogP contribution in [-0.2, 0) is 6.54 Å². The van der Waals surface area contributed by atoms with E-state index in [-0.39, 0.29) is 5.91 Å². The zero-order chi connectivity index (χ0) is 19.2. The van der Waals surface area contributed by atoms with Crippen LogP contribution in [0.25, 0.3) is 0 Å². The molecule has 140 valence electrons. The number of aromatic nitrogens is 2. The van der Waals surface area contributed by atoms with E-state index < -0.39 is 0 Å². The molecule has 0 radical (unpaired) electrons. The number of carbonyl (C=O) groups is 1. The Hall–Kier alpha value is -3.48. The fourth-order valence-corrected chi connectivity index (χ4v) is 2.65. The summed E-state index contributed by atoms with van der Waals surface area (Å²) in [5.74, 6) is 1.61. The van der Waals surface area contributed by atoms with Crippen LogP contribution in [0.2, 0.25) is 0 Å². The number of ether oxygens (including phenoxy) is 3. The molecular weight excluding hydrogens is 346 g/mol. The first-order valence-corrected chi connectivity index (χ1v) is 8.31. The normalized spacial score (nSPS) is 10.3. The van der Waals surface area contributed by atoms with E-state index in [1.54, 1.807) is 49.5 Å². The first-order valence-electron chi connectivity index (χ1n) is 8.31. The zero-order valence-corrected chi connectivity index (χ0v) is 15.4. The van der Waals surface area contributed by atoms with Gasteiger partial charge in [-0.25, -0.2) is 0 Å². The quantitative estimate of drug-likeness (QED) is 0.694. The first kappa shape index (κ1) is 18.3. The summed E-state index contributed by atoms with van der Waals surface area (Å²) in [5.41, 5.74) is 2.13. The minimum absolute atomic E-state index is 0.253. The van der Waals surface area contributed by atoms with Gasteiger partial charge in [0.2, 0.25) is 0 Å². The second kappa shape index (κ2) is 8.27. The van der Waals surface area contributed by atoms with Crippen LogP contribution in [0.3, 0.4) is 0 Å². The average molecular weight is 367 g/mol. The van der Waals surface area contributed by atoms with E-state index in [1.807, 2.05) is 24.3 Å². The van der Waals surface area contributed by atoms with Gasteiger partial charge in [0, 0.05) is 11.8 Å². The highest BCUT2D eigenvalue weighted by atomic mass is 16.5. The predicted octanol–water partition coefficient (Wildman–Crippen LogP) is 3.21. The Morgan fingerprint density at radius 1 is 1.04 bits per heavy atom. The third-order valence-electron chi connectivity index (χ3n) is 4.02. The smallest absolute Gasteiger partial charge is 0.255 e. The van der Waals surface area contributed by atoms with Crippen LogP contribution in [0.15, 0.2) is 54.9 Å². The molecule has 0 bridgehead atoms. The van der Waals surface area contributed by atoms with Gasteiger partial charge in [-0.05, 0) is 35.9 Å². The number of benzene rings is 2. The second-order valence-electron chi connectivity index (χ2n) is 5.80. The van der Waals surface area contributed by atoms with Crippen molar-refractivity contribution >= 4 is 11.6 Å². The lowest BCUT2D eigenvalue weighted by molar-refractivity contribution is 0.102. The Balaban J connectivity index is 1.69. The lowest BCUT2D eigenvalue weighted by Crippen LogP contribution is -2.11. The number of hydrogen-bond acceptors (Lipinski definition) is 5. The summed E-state index contributed by atoms with van der Waals surface area (Å²) in [6.45, 7) is 0.573. The second-order valence-corrected chi connectivity index (χ2v) is 5.80. The molecule has 3 aromatic rings. The maximum atomic E-state index is 12.5. The maximum Gasteiger partial charge on any atom is 0.255 e. The molecule has 0 saturated carbocycles. The number of amides is 1. The first-order chi connectivity index (χ1) is 13.1. The van der Waals surface area contributed by atoms with Crippen molar-refractivity contribution in [3.63, 3.8) is 0 Å². The summed E-state index contributed by atoms with van der Waals surface area (Å²) >= 11 is 0. The van der Waals surface area contributed by atoms with Crippen molar-refractivity contribution in [2.45, 2.75) is 6.54 Å². The van der Waals surface area contributed by atoms with Crippen molar-refractivity contribution in [3.8, 4) is 17.2 Å². The fraction of sp³-hybridized carbons (Fsp3) is 0.200. The summed E-state index contributed by atoms with van der Waals surface area (Å²) in [6.07, 6.45) is 3.39. The summed E-state index contributed by atoms with van der Waals surface area (Å²) in [5, 5.41) is 7.12. The van der Waals surface area contributed by atoms with E-state index in [0.717, 1.165) is 11.3 Å². The Kier molecular flexibility index (Phi) is 5.61. The van der Waals surface area contributed by atoms with Crippen molar-refractivity contribution in [3.05, 3.63) is 66.0 Å². The Morgan fingerprint density at radius 2 is 1.85 bits per heavy atom. The highest BCUT2D eigenvalue weighted by Crippen LogP contribution is 2.27. The summed E-state index contributed by atoms with van der Waals surface area (Å²) in [7, 11) is 4.71. The van der Waals surface area contributed by atoms with Crippen LogP contribution in [0.1, 0.15) is 15.9 Å². The molecule has 0 saturated heterocycles. The van der Waals surface area contributed by atoms with Crippen LogP contribution >= 0.6 is 0 Å². The Labute approximate surface area is 157 Å². The van der Waals surface area contributed by atoms with Gasteiger partial charge in [-0.3, -0.25) is 9.48 Å². The number of nitrogens with zero attached hydrogens (tertiary/aromatic N) is 2. The third kappa shape index (κ3) is 4.38. The number of rotatable bonds is 7. The Morgan fingerprint density at radius 3 is 2.59 bits per heavy atom. The van der Waals surface area contributed by atoms with E-state index >= 15 is 0 Å². The molecule has 1 N–H and O–H groups in total. The number of nitrogens with one attached hydrogen (secondary N) is 1. The maximum absolute atomic E-state index is 12.5. The molecule has 0 atom stereocenters. The number of methoxy groups -OCH3 is 3. The van der Waals surface area contributed by atoms with E-state index in [4.69, 9.17) is 14.2 Å². The molecule has 2 aromatic carbocycles. The van der Waals surface area contributed by atoms with E-state index in [2.05, 4.69) is 10.4 Å². The van der Waals surface area contributed by atoms with E-state index in [0.29, 0.717) is 29.3 Å². The fourth-order valence-electron chi connectivity index (χ4n) is 2.65.